The third kappa shape index (κ3) is 4.94. The summed E-state index contributed by atoms with van der Waals surface area (Å²) in [5.41, 5.74) is 0. The van der Waals surface area contributed by atoms with Gasteiger partial charge in [0.2, 0.25) is 0 Å². The molecule has 2 atom stereocenters. The van der Waals surface area contributed by atoms with Crippen LogP contribution in [0.1, 0.15) is 27.7 Å². The monoisotopic (exact) mass is 203 g/mol. The minimum absolute atomic E-state index is 0.158. The van der Waals surface area contributed by atoms with E-state index in [0.717, 1.165) is 6.54 Å². The Labute approximate surface area is 88.2 Å². The fourth-order valence-electron chi connectivity index (χ4n) is 1.21. The average molecular weight is 203 g/mol. The number of rotatable bonds is 7. The van der Waals surface area contributed by atoms with Crippen molar-refractivity contribution in [1.29, 1.82) is 0 Å². The van der Waals surface area contributed by atoms with Crippen molar-refractivity contribution in [3.63, 3.8) is 0 Å². The van der Waals surface area contributed by atoms with E-state index < -0.39 is 0 Å². The number of methoxy groups -OCH3 is 2. The van der Waals surface area contributed by atoms with Gasteiger partial charge in [0.15, 0.2) is 6.29 Å². The number of nitrogens with one attached hydrogen (secondary N) is 1. The Kier molecular flexibility index (Phi) is 7.15. The Hall–Kier alpha value is -0.120. The molecule has 0 heterocycles. The Balaban J connectivity index is 3.77. The van der Waals surface area contributed by atoms with Gasteiger partial charge < -0.3 is 14.8 Å². The number of ether oxygens (including phenoxy) is 2. The van der Waals surface area contributed by atoms with E-state index in [4.69, 9.17) is 9.47 Å². The molecule has 0 fully saturated rings. The van der Waals surface area contributed by atoms with E-state index in [1.807, 2.05) is 0 Å². The van der Waals surface area contributed by atoms with E-state index in [1.165, 1.54) is 0 Å². The average Bonchev–Trinajstić information content (AvgIpc) is 2.15. The van der Waals surface area contributed by atoms with Gasteiger partial charge in [-0.25, -0.2) is 0 Å². The molecule has 0 rings (SSSR count). The minimum atomic E-state index is -0.158. The topological polar surface area (TPSA) is 30.5 Å². The summed E-state index contributed by atoms with van der Waals surface area (Å²) >= 11 is 0. The zero-order valence-electron chi connectivity index (χ0n) is 10.3. The molecule has 0 aromatic carbocycles. The van der Waals surface area contributed by atoms with Gasteiger partial charge in [-0.3, -0.25) is 0 Å². The maximum Gasteiger partial charge on any atom is 0.171 e. The summed E-state index contributed by atoms with van der Waals surface area (Å²) in [5.74, 6) is 1.38. The van der Waals surface area contributed by atoms with Crippen LogP contribution >= 0.6 is 0 Å². The van der Waals surface area contributed by atoms with Crippen LogP contribution in [0.4, 0.5) is 0 Å². The van der Waals surface area contributed by atoms with Gasteiger partial charge in [0, 0.05) is 14.2 Å². The highest BCUT2D eigenvalue weighted by Gasteiger charge is 2.16. The Morgan fingerprint density at radius 2 is 1.50 bits per heavy atom. The van der Waals surface area contributed by atoms with Crippen LogP contribution in [-0.2, 0) is 9.47 Å². The van der Waals surface area contributed by atoms with E-state index in [9.17, 15) is 0 Å². The molecule has 3 nitrogen and oxygen atoms in total. The Morgan fingerprint density at radius 1 is 1.00 bits per heavy atom. The summed E-state index contributed by atoms with van der Waals surface area (Å²) < 4.78 is 10.3. The fraction of sp³-hybridized carbons (Fsp3) is 1.00. The Bertz CT molecular complexity index is 135. The zero-order valence-corrected chi connectivity index (χ0v) is 10.3. The summed E-state index contributed by atoms with van der Waals surface area (Å²) in [5, 5.41) is 3.42. The second-order valence-corrected chi connectivity index (χ2v) is 4.26. The highest BCUT2D eigenvalue weighted by molar-refractivity contribution is 4.68. The van der Waals surface area contributed by atoms with Crippen molar-refractivity contribution in [3.05, 3.63) is 0 Å². The van der Waals surface area contributed by atoms with Gasteiger partial charge in [0.1, 0.15) is 0 Å². The third-order valence-electron chi connectivity index (χ3n) is 2.77. The molecule has 2 unspecified atom stereocenters. The molecule has 0 aliphatic carbocycles. The highest BCUT2D eigenvalue weighted by Crippen LogP contribution is 2.08. The SMILES string of the molecule is COC(OC)C(C)NCC(C)C(C)C. The van der Waals surface area contributed by atoms with E-state index in [0.29, 0.717) is 11.8 Å². The quantitative estimate of drug-likeness (QED) is 0.641. The first kappa shape index (κ1) is 13.9. The molecule has 0 saturated carbocycles. The van der Waals surface area contributed by atoms with Crippen LogP contribution in [0, 0.1) is 11.8 Å². The van der Waals surface area contributed by atoms with Gasteiger partial charge in [-0.1, -0.05) is 20.8 Å². The molecular weight excluding hydrogens is 178 g/mol. The molecular formula is C11H25NO2. The molecule has 0 spiro atoms. The van der Waals surface area contributed by atoms with Crippen LogP contribution in [0.25, 0.3) is 0 Å². The Morgan fingerprint density at radius 3 is 1.86 bits per heavy atom. The van der Waals surface area contributed by atoms with E-state index >= 15 is 0 Å². The van der Waals surface area contributed by atoms with Crippen molar-refractivity contribution in [3.8, 4) is 0 Å². The van der Waals surface area contributed by atoms with Gasteiger partial charge in [-0.15, -0.1) is 0 Å². The molecule has 1 N–H and O–H groups in total. The maximum atomic E-state index is 5.17. The van der Waals surface area contributed by atoms with Gasteiger partial charge in [-0.2, -0.15) is 0 Å². The standard InChI is InChI=1S/C11H25NO2/c1-8(2)9(3)7-12-10(4)11(13-5)14-6/h8-12H,7H2,1-6H3. The molecule has 0 aliphatic rings. The first-order valence-electron chi connectivity index (χ1n) is 5.31. The summed E-state index contributed by atoms with van der Waals surface area (Å²) in [4.78, 5) is 0. The number of hydrogen-bond acceptors (Lipinski definition) is 3. The molecule has 0 radical (unpaired) electrons. The van der Waals surface area contributed by atoms with Crippen molar-refractivity contribution >= 4 is 0 Å². The van der Waals surface area contributed by atoms with Gasteiger partial charge in [-0.05, 0) is 25.3 Å². The van der Waals surface area contributed by atoms with Crippen LogP contribution < -0.4 is 5.32 Å². The summed E-state index contributed by atoms with van der Waals surface area (Å²) in [7, 11) is 3.33. The van der Waals surface area contributed by atoms with E-state index in [2.05, 4.69) is 33.0 Å². The van der Waals surface area contributed by atoms with Crippen LogP contribution in [0.2, 0.25) is 0 Å². The lowest BCUT2D eigenvalue weighted by atomic mass is 9.98. The van der Waals surface area contributed by atoms with Crippen LogP contribution in [-0.4, -0.2) is 33.1 Å². The molecule has 0 aliphatic heterocycles. The molecule has 0 amide bonds. The van der Waals surface area contributed by atoms with Crippen molar-refractivity contribution in [2.45, 2.75) is 40.0 Å². The van der Waals surface area contributed by atoms with Gasteiger partial charge in [0.05, 0.1) is 6.04 Å². The lowest BCUT2D eigenvalue weighted by Gasteiger charge is -2.25. The first-order chi connectivity index (χ1) is 6.52. The fourth-order valence-corrected chi connectivity index (χ4v) is 1.21. The van der Waals surface area contributed by atoms with E-state index in [-0.39, 0.29) is 12.3 Å². The van der Waals surface area contributed by atoms with E-state index in [1.54, 1.807) is 14.2 Å². The predicted molar refractivity (Wildman–Crippen MR) is 59.3 cm³/mol. The summed E-state index contributed by atoms with van der Waals surface area (Å²) in [6, 6.07) is 0.228. The lowest BCUT2D eigenvalue weighted by Crippen LogP contribution is -2.42. The second kappa shape index (κ2) is 7.21. The summed E-state index contributed by atoms with van der Waals surface area (Å²) in [6.07, 6.45) is -0.158. The van der Waals surface area contributed by atoms with Gasteiger partial charge >= 0.3 is 0 Å². The maximum absolute atomic E-state index is 5.17. The van der Waals surface area contributed by atoms with Gasteiger partial charge in [0.25, 0.3) is 0 Å². The molecule has 86 valence electrons. The lowest BCUT2D eigenvalue weighted by molar-refractivity contribution is -0.119. The third-order valence-corrected chi connectivity index (χ3v) is 2.77. The molecule has 0 bridgehead atoms. The zero-order chi connectivity index (χ0) is 11.1. The molecule has 3 heteroatoms. The second-order valence-electron chi connectivity index (χ2n) is 4.26. The van der Waals surface area contributed by atoms with Crippen molar-refractivity contribution in [2.24, 2.45) is 11.8 Å². The van der Waals surface area contributed by atoms with Crippen molar-refractivity contribution in [2.75, 3.05) is 20.8 Å². The molecule has 0 aromatic rings. The largest absolute Gasteiger partial charge is 0.354 e. The van der Waals surface area contributed by atoms with Crippen LogP contribution in [0.5, 0.6) is 0 Å². The molecule has 0 aromatic heterocycles. The van der Waals surface area contributed by atoms with Crippen LogP contribution in [0.15, 0.2) is 0 Å². The smallest absolute Gasteiger partial charge is 0.171 e. The minimum Gasteiger partial charge on any atom is -0.354 e. The first-order valence-corrected chi connectivity index (χ1v) is 5.31. The molecule has 0 saturated heterocycles. The summed E-state index contributed by atoms with van der Waals surface area (Å²) in [6.45, 7) is 9.80. The predicted octanol–water partition coefficient (Wildman–Crippen LogP) is 1.88. The van der Waals surface area contributed by atoms with Crippen molar-refractivity contribution in [1.82, 2.24) is 5.32 Å². The highest BCUT2D eigenvalue weighted by atomic mass is 16.7. The number of hydrogen-bond donors (Lipinski definition) is 1. The normalized spacial score (nSPS) is 16.3. The van der Waals surface area contributed by atoms with Crippen LogP contribution in [0.3, 0.4) is 0 Å². The molecule has 14 heavy (non-hydrogen) atoms. The van der Waals surface area contributed by atoms with Crippen molar-refractivity contribution < 1.29 is 9.47 Å².